The second kappa shape index (κ2) is 7.61. The summed E-state index contributed by atoms with van der Waals surface area (Å²) in [5.41, 5.74) is 0. The lowest BCUT2D eigenvalue weighted by molar-refractivity contribution is -0.159. The van der Waals surface area contributed by atoms with Gasteiger partial charge in [0.05, 0.1) is 0 Å². The fraction of sp³-hybridized carbons (Fsp3) is 0.455. The van der Waals surface area contributed by atoms with Crippen molar-refractivity contribution in [2.75, 3.05) is 20.2 Å². The van der Waals surface area contributed by atoms with Gasteiger partial charge in [-0.1, -0.05) is 11.6 Å². The number of aromatic nitrogens is 2. The number of likely N-dealkylation sites (N-methyl/N-ethyl adjacent to an activating group) is 1. The smallest absolute Gasteiger partial charge is 0.414 e. The van der Waals surface area contributed by atoms with Gasteiger partial charge in [0, 0.05) is 12.1 Å². The van der Waals surface area contributed by atoms with Gasteiger partial charge in [-0.2, -0.15) is 0 Å². The van der Waals surface area contributed by atoms with E-state index in [-0.39, 0.29) is 0 Å². The largest absolute Gasteiger partial charge is 0.475 e. The number of hydrogen-bond donors (Lipinski definition) is 2. The molecule has 2 heterocycles. The highest BCUT2D eigenvalue weighted by Gasteiger charge is 2.24. The van der Waals surface area contributed by atoms with E-state index in [1.165, 1.54) is 6.42 Å². The van der Waals surface area contributed by atoms with Gasteiger partial charge in [-0.3, -0.25) is 4.90 Å². The standard InChI is InChI=1S/C9H12ClN3O.C2H2O4/c1-13-5-4-7(13)6-14-9-3-2-8(10)11-12-9;3-1(4)2(5)6/h2-3,7H,4-6H2,1H3;(H,3,4)(H,5,6)/t7-;/m0./s1. The van der Waals surface area contributed by atoms with E-state index in [1.807, 2.05) is 0 Å². The van der Waals surface area contributed by atoms with Gasteiger partial charge in [0.2, 0.25) is 5.88 Å². The molecule has 1 aromatic heterocycles. The summed E-state index contributed by atoms with van der Waals surface area (Å²) in [6, 6.07) is 3.93. The summed E-state index contributed by atoms with van der Waals surface area (Å²) in [7, 11) is 2.09. The Morgan fingerprint density at radius 2 is 2.05 bits per heavy atom. The zero-order chi connectivity index (χ0) is 15.1. The Labute approximate surface area is 119 Å². The second-order valence-corrected chi connectivity index (χ2v) is 4.43. The molecule has 0 aliphatic carbocycles. The van der Waals surface area contributed by atoms with Crippen molar-refractivity contribution in [2.45, 2.75) is 12.5 Å². The summed E-state index contributed by atoms with van der Waals surface area (Å²) in [5, 5.41) is 22.7. The molecule has 0 spiro atoms. The number of likely N-dealkylation sites (tertiary alicyclic amines) is 1. The molecule has 1 aliphatic rings. The van der Waals surface area contributed by atoms with Crippen molar-refractivity contribution in [3.63, 3.8) is 0 Å². The molecular formula is C11H14ClN3O5. The first-order valence-electron chi connectivity index (χ1n) is 5.68. The first-order valence-corrected chi connectivity index (χ1v) is 6.06. The van der Waals surface area contributed by atoms with Gasteiger partial charge < -0.3 is 14.9 Å². The van der Waals surface area contributed by atoms with Crippen molar-refractivity contribution < 1.29 is 24.5 Å². The SMILES string of the molecule is CN1CC[C@H]1COc1ccc(Cl)nn1.O=C(O)C(=O)O. The Kier molecular flexibility index (Phi) is 6.13. The normalized spacial score (nSPS) is 17.4. The lowest BCUT2D eigenvalue weighted by atomic mass is 10.1. The molecule has 0 unspecified atom stereocenters. The molecule has 0 bridgehead atoms. The number of carboxylic acid groups (broad SMARTS) is 2. The highest BCUT2D eigenvalue weighted by Crippen LogP contribution is 2.16. The van der Waals surface area contributed by atoms with Gasteiger partial charge in [0.15, 0.2) is 5.15 Å². The number of carbonyl (C=O) groups is 2. The van der Waals surface area contributed by atoms with Gasteiger partial charge >= 0.3 is 11.9 Å². The fourth-order valence-electron chi connectivity index (χ4n) is 1.34. The number of halogens is 1. The van der Waals surface area contributed by atoms with Crippen LogP contribution < -0.4 is 4.74 Å². The van der Waals surface area contributed by atoms with Crippen molar-refractivity contribution in [1.29, 1.82) is 0 Å². The molecule has 1 saturated heterocycles. The summed E-state index contributed by atoms with van der Waals surface area (Å²) in [6.07, 6.45) is 1.19. The van der Waals surface area contributed by atoms with Crippen LogP contribution in [0.1, 0.15) is 6.42 Å². The van der Waals surface area contributed by atoms with Crippen LogP contribution in [0.15, 0.2) is 12.1 Å². The van der Waals surface area contributed by atoms with Crippen LogP contribution in [0.5, 0.6) is 5.88 Å². The monoisotopic (exact) mass is 303 g/mol. The van der Waals surface area contributed by atoms with Crippen molar-refractivity contribution in [1.82, 2.24) is 15.1 Å². The number of rotatable bonds is 3. The van der Waals surface area contributed by atoms with E-state index in [2.05, 4.69) is 22.1 Å². The Hall–Kier alpha value is -1.93. The average molecular weight is 304 g/mol. The third-order valence-electron chi connectivity index (χ3n) is 2.65. The van der Waals surface area contributed by atoms with Crippen LogP contribution in [-0.2, 0) is 9.59 Å². The lowest BCUT2D eigenvalue weighted by Gasteiger charge is -2.37. The van der Waals surface area contributed by atoms with E-state index in [4.69, 9.17) is 36.1 Å². The maximum Gasteiger partial charge on any atom is 0.414 e. The van der Waals surface area contributed by atoms with Crippen molar-refractivity contribution in [2.24, 2.45) is 0 Å². The average Bonchev–Trinajstić information content (AvgIpc) is 2.40. The lowest BCUT2D eigenvalue weighted by Crippen LogP contribution is -2.48. The first-order chi connectivity index (χ1) is 9.40. The van der Waals surface area contributed by atoms with Crippen molar-refractivity contribution in [3.05, 3.63) is 17.3 Å². The Morgan fingerprint density at radius 1 is 1.40 bits per heavy atom. The van der Waals surface area contributed by atoms with E-state index in [0.717, 1.165) is 6.54 Å². The van der Waals surface area contributed by atoms with E-state index < -0.39 is 11.9 Å². The number of ether oxygens (including phenoxy) is 1. The number of aliphatic carboxylic acids is 2. The molecule has 9 heteroatoms. The summed E-state index contributed by atoms with van der Waals surface area (Å²) < 4.78 is 5.46. The fourth-order valence-corrected chi connectivity index (χ4v) is 1.44. The molecule has 2 N–H and O–H groups in total. The molecule has 110 valence electrons. The van der Waals surface area contributed by atoms with Gasteiger partial charge in [-0.15, -0.1) is 10.2 Å². The Bertz CT molecular complexity index is 456. The van der Waals surface area contributed by atoms with Crippen molar-refractivity contribution in [3.8, 4) is 5.88 Å². The molecule has 0 radical (unpaired) electrons. The molecule has 1 fully saturated rings. The molecule has 2 rings (SSSR count). The van der Waals surface area contributed by atoms with Crippen LogP contribution in [0.4, 0.5) is 0 Å². The van der Waals surface area contributed by atoms with Gasteiger partial charge in [0.25, 0.3) is 0 Å². The molecule has 1 aromatic rings. The van der Waals surface area contributed by atoms with Gasteiger partial charge in [-0.25, -0.2) is 9.59 Å². The topological polar surface area (TPSA) is 113 Å². The van der Waals surface area contributed by atoms with Crippen molar-refractivity contribution >= 4 is 23.5 Å². The third-order valence-corrected chi connectivity index (χ3v) is 2.85. The maximum atomic E-state index is 9.10. The minimum absolute atomic E-state index is 0.387. The highest BCUT2D eigenvalue weighted by molar-refractivity contribution is 6.29. The second-order valence-electron chi connectivity index (χ2n) is 4.04. The van der Waals surface area contributed by atoms with Crippen LogP contribution in [0.25, 0.3) is 0 Å². The molecule has 0 aromatic carbocycles. The predicted molar refractivity (Wildman–Crippen MR) is 68.8 cm³/mol. The third kappa shape index (κ3) is 5.37. The quantitative estimate of drug-likeness (QED) is 0.770. The van der Waals surface area contributed by atoms with E-state index in [1.54, 1.807) is 12.1 Å². The molecule has 1 aliphatic heterocycles. The molecule has 1 atom stereocenters. The van der Waals surface area contributed by atoms with E-state index in [0.29, 0.717) is 23.7 Å². The molecule has 0 amide bonds. The minimum Gasteiger partial charge on any atom is -0.475 e. The zero-order valence-corrected chi connectivity index (χ0v) is 11.4. The molecule has 0 saturated carbocycles. The van der Waals surface area contributed by atoms with Crippen LogP contribution >= 0.6 is 11.6 Å². The maximum absolute atomic E-state index is 9.10. The van der Waals surface area contributed by atoms with Gasteiger partial charge in [0.1, 0.15) is 6.61 Å². The minimum atomic E-state index is -1.82. The summed E-state index contributed by atoms with van der Waals surface area (Å²) in [5.74, 6) is -3.11. The Morgan fingerprint density at radius 3 is 2.40 bits per heavy atom. The molecule has 20 heavy (non-hydrogen) atoms. The summed E-state index contributed by atoms with van der Waals surface area (Å²) in [4.78, 5) is 20.5. The first kappa shape index (κ1) is 16.1. The van der Waals surface area contributed by atoms with Gasteiger partial charge in [-0.05, 0) is 26.1 Å². The molecular weight excluding hydrogens is 290 g/mol. The Balaban J connectivity index is 0.000000286. The molecule has 8 nitrogen and oxygen atoms in total. The highest BCUT2D eigenvalue weighted by atomic mass is 35.5. The number of carboxylic acids is 2. The van der Waals surface area contributed by atoms with Crippen LogP contribution in [0, 0.1) is 0 Å². The van der Waals surface area contributed by atoms with Crippen LogP contribution in [0.2, 0.25) is 5.15 Å². The van der Waals surface area contributed by atoms with Crippen LogP contribution in [-0.4, -0.2) is 63.5 Å². The predicted octanol–water partition coefficient (Wildman–Crippen LogP) is 0.368. The van der Waals surface area contributed by atoms with E-state index in [9.17, 15) is 0 Å². The van der Waals surface area contributed by atoms with E-state index >= 15 is 0 Å². The summed E-state index contributed by atoms with van der Waals surface area (Å²) in [6.45, 7) is 1.83. The number of hydrogen-bond acceptors (Lipinski definition) is 6. The summed E-state index contributed by atoms with van der Waals surface area (Å²) >= 11 is 5.60. The van der Waals surface area contributed by atoms with Crippen LogP contribution in [0.3, 0.4) is 0 Å². The zero-order valence-electron chi connectivity index (χ0n) is 10.7. The number of nitrogens with zero attached hydrogens (tertiary/aromatic N) is 3.